The van der Waals surface area contributed by atoms with Crippen LogP contribution in [0.5, 0.6) is 5.75 Å². The molecule has 0 fully saturated rings. The number of aromatic amines is 1. The average molecular weight is 494 g/mol. The highest BCUT2D eigenvalue weighted by molar-refractivity contribution is 6.03. The molecule has 0 bridgehead atoms. The topological polar surface area (TPSA) is 92.2 Å². The van der Waals surface area contributed by atoms with E-state index >= 15 is 0 Å². The highest BCUT2D eigenvalue weighted by atomic mass is 16.5. The molecule has 3 heterocycles. The van der Waals surface area contributed by atoms with Gasteiger partial charge in [-0.3, -0.25) is 19.1 Å². The molecule has 1 atom stereocenters. The summed E-state index contributed by atoms with van der Waals surface area (Å²) in [7, 11) is 1.65. The molecule has 0 spiro atoms. The van der Waals surface area contributed by atoms with Gasteiger partial charge < -0.3 is 15.0 Å². The van der Waals surface area contributed by atoms with Crippen LogP contribution in [0.2, 0.25) is 0 Å². The first kappa shape index (κ1) is 22.8. The summed E-state index contributed by atoms with van der Waals surface area (Å²) >= 11 is 0. The van der Waals surface area contributed by atoms with Crippen molar-refractivity contribution < 1.29 is 14.3 Å². The predicted octanol–water partition coefficient (Wildman–Crippen LogP) is 4.36. The predicted molar refractivity (Wildman–Crippen MR) is 143 cm³/mol. The van der Waals surface area contributed by atoms with E-state index in [1.165, 1.54) is 0 Å². The Kier molecular flexibility index (Phi) is 5.84. The Labute approximate surface area is 213 Å². The molecule has 2 amide bonds. The van der Waals surface area contributed by atoms with E-state index in [9.17, 15) is 9.59 Å². The highest BCUT2D eigenvalue weighted by Crippen LogP contribution is 2.36. The number of nitrogens with one attached hydrogen (secondary N) is 2. The fraction of sp³-hybridized carbons (Fsp3) is 0.207. The Morgan fingerprint density at radius 1 is 1.08 bits per heavy atom. The third kappa shape index (κ3) is 4.20. The van der Waals surface area contributed by atoms with Gasteiger partial charge in [0.05, 0.1) is 24.6 Å². The Morgan fingerprint density at radius 3 is 2.73 bits per heavy atom. The Hall–Kier alpha value is -4.59. The second-order valence-electron chi connectivity index (χ2n) is 9.22. The highest BCUT2D eigenvalue weighted by Gasteiger charge is 2.40. The van der Waals surface area contributed by atoms with E-state index in [2.05, 4.69) is 10.3 Å². The zero-order chi connectivity index (χ0) is 25.4. The first-order chi connectivity index (χ1) is 18.1. The van der Waals surface area contributed by atoms with Crippen LogP contribution >= 0.6 is 0 Å². The Morgan fingerprint density at radius 2 is 1.89 bits per heavy atom. The van der Waals surface area contributed by atoms with Crippen molar-refractivity contribution in [3.63, 3.8) is 0 Å². The first-order valence-corrected chi connectivity index (χ1v) is 12.4. The second kappa shape index (κ2) is 9.46. The number of aromatic nitrogens is 3. The molecule has 0 saturated carbocycles. The summed E-state index contributed by atoms with van der Waals surface area (Å²) in [6.07, 6.45) is 2.66. The largest absolute Gasteiger partial charge is 0.497 e. The summed E-state index contributed by atoms with van der Waals surface area (Å²) in [6.45, 7) is 0.875. The van der Waals surface area contributed by atoms with E-state index < -0.39 is 6.04 Å². The normalized spacial score (nSPS) is 14.9. The van der Waals surface area contributed by atoms with Crippen molar-refractivity contribution >= 4 is 39.7 Å². The monoisotopic (exact) mass is 493 g/mol. The van der Waals surface area contributed by atoms with E-state index in [1.807, 2.05) is 83.6 Å². The zero-order valence-electron chi connectivity index (χ0n) is 20.5. The molecule has 1 aliphatic rings. The summed E-state index contributed by atoms with van der Waals surface area (Å²) in [5.41, 5.74) is 4.78. The number of benzene rings is 3. The van der Waals surface area contributed by atoms with Crippen molar-refractivity contribution in [1.82, 2.24) is 19.9 Å². The lowest BCUT2D eigenvalue weighted by molar-refractivity contribution is -0.127. The summed E-state index contributed by atoms with van der Waals surface area (Å²) in [5, 5.41) is 4.02. The van der Waals surface area contributed by atoms with E-state index in [0.29, 0.717) is 25.5 Å². The minimum absolute atomic E-state index is 0.0554. The van der Waals surface area contributed by atoms with Gasteiger partial charge >= 0.3 is 0 Å². The van der Waals surface area contributed by atoms with Crippen LogP contribution in [0.3, 0.4) is 0 Å². The van der Waals surface area contributed by atoms with Gasteiger partial charge in [0, 0.05) is 30.2 Å². The third-order valence-electron chi connectivity index (χ3n) is 6.97. The molecule has 0 aliphatic carbocycles. The molecule has 2 N–H and O–H groups in total. The number of anilines is 1. The van der Waals surface area contributed by atoms with Gasteiger partial charge in [-0.2, -0.15) is 0 Å². The molecular formula is C29H27N5O3. The number of hydrogen-bond donors (Lipinski definition) is 2. The van der Waals surface area contributed by atoms with Gasteiger partial charge in [-0.1, -0.05) is 42.5 Å². The summed E-state index contributed by atoms with van der Waals surface area (Å²) in [5.74, 6) is 1.09. The van der Waals surface area contributed by atoms with Gasteiger partial charge in [-0.05, 0) is 47.9 Å². The van der Waals surface area contributed by atoms with Gasteiger partial charge in [0.25, 0.3) is 5.91 Å². The maximum absolute atomic E-state index is 13.7. The first-order valence-electron chi connectivity index (χ1n) is 12.4. The number of para-hydroxylation sites is 2. The molecule has 1 aliphatic heterocycles. The molecule has 8 nitrogen and oxygen atoms in total. The van der Waals surface area contributed by atoms with Crippen LogP contribution in [-0.4, -0.2) is 40.0 Å². The Balaban J connectivity index is 1.25. The molecule has 3 aromatic carbocycles. The lowest BCUT2D eigenvalue weighted by Gasteiger charge is -2.16. The molecule has 6 rings (SSSR count). The van der Waals surface area contributed by atoms with Crippen LogP contribution in [-0.2, 0) is 22.6 Å². The number of carbonyl (C=O) groups excluding carboxylic acids is 2. The third-order valence-corrected chi connectivity index (χ3v) is 6.97. The van der Waals surface area contributed by atoms with Crippen molar-refractivity contribution in [2.24, 2.45) is 0 Å². The second-order valence-corrected chi connectivity index (χ2v) is 9.22. The van der Waals surface area contributed by atoms with Crippen LogP contribution in [0, 0.1) is 0 Å². The van der Waals surface area contributed by atoms with Crippen molar-refractivity contribution in [2.45, 2.75) is 25.4 Å². The number of carbonyl (C=O) groups is 2. The van der Waals surface area contributed by atoms with Crippen LogP contribution in [0.25, 0.3) is 21.9 Å². The minimum Gasteiger partial charge on any atom is -0.497 e. The maximum atomic E-state index is 13.7. The van der Waals surface area contributed by atoms with Crippen molar-refractivity contribution in [2.75, 3.05) is 18.6 Å². The molecule has 37 heavy (non-hydrogen) atoms. The van der Waals surface area contributed by atoms with Gasteiger partial charge in [-0.25, -0.2) is 4.98 Å². The lowest BCUT2D eigenvalue weighted by Crippen LogP contribution is -2.34. The van der Waals surface area contributed by atoms with Crippen molar-refractivity contribution in [3.05, 3.63) is 90.1 Å². The standard InChI is InChI=1S/C29H27N5O3/c1-37-21-11-12-23-22(15-21)20(18-30-23)13-14-33-28(36)26(16-27(35)31-17-19-7-3-2-4-8-19)34-25-10-6-5-9-24(25)32-29(33)34/h2-12,15,18,26,30H,13-14,16-17H2,1H3,(H,31,35). The molecule has 0 radical (unpaired) electrons. The summed E-state index contributed by atoms with van der Waals surface area (Å²) in [6, 6.07) is 22.7. The fourth-order valence-electron chi connectivity index (χ4n) is 5.07. The molecular weight excluding hydrogens is 466 g/mol. The summed E-state index contributed by atoms with van der Waals surface area (Å²) in [4.78, 5) is 36.4. The van der Waals surface area contributed by atoms with E-state index in [1.54, 1.807) is 12.0 Å². The van der Waals surface area contributed by atoms with Crippen LogP contribution in [0.15, 0.2) is 79.0 Å². The zero-order valence-corrected chi connectivity index (χ0v) is 20.5. The molecule has 186 valence electrons. The molecule has 8 heteroatoms. The van der Waals surface area contributed by atoms with E-state index in [-0.39, 0.29) is 18.2 Å². The number of amides is 2. The quantitative estimate of drug-likeness (QED) is 0.336. The lowest BCUT2D eigenvalue weighted by atomic mass is 10.1. The fourth-order valence-corrected chi connectivity index (χ4v) is 5.07. The minimum atomic E-state index is -0.638. The van der Waals surface area contributed by atoms with Crippen LogP contribution in [0.1, 0.15) is 23.6 Å². The summed E-state index contributed by atoms with van der Waals surface area (Å²) < 4.78 is 7.31. The van der Waals surface area contributed by atoms with E-state index in [4.69, 9.17) is 9.72 Å². The smallest absolute Gasteiger partial charge is 0.253 e. The average Bonchev–Trinajstić information content (AvgIpc) is 3.58. The number of nitrogens with zero attached hydrogens (tertiary/aromatic N) is 3. The number of imidazole rings is 1. The molecule has 1 unspecified atom stereocenters. The van der Waals surface area contributed by atoms with Crippen molar-refractivity contribution in [3.8, 4) is 5.75 Å². The number of methoxy groups -OCH3 is 1. The number of ether oxygens (including phenoxy) is 1. The molecule has 0 saturated heterocycles. The van der Waals surface area contributed by atoms with Gasteiger partial charge in [0.2, 0.25) is 11.9 Å². The van der Waals surface area contributed by atoms with Gasteiger partial charge in [-0.15, -0.1) is 0 Å². The van der Waals surface area contributed by atoms with E-state index in [0.717, 1.165) is 38.8 Å². The maximum Gasteiger partial charge on any atom is 0.253 e. The van der Waals surface area contributed by atoms with Gasteiger partial charge in [0.15, 0.2) is 0 Å². The van der Waals surface area contributed by atoms with Gasteiger partial charge in [0.1, 0.15) is 11.8 Å². The molecule has 5 aromatic rings. The SMILES string of the molecule is COc1ccc2[nH]cc(CCN3C(=O)C(CC(=O)NCc4ccccc4)n4c3nc3ccccc34)c2c1. The van der Waals surface area contributed by atoms with Crippen molar-refractivity contribution in [1.29, 1.82) is 0 Å². The number of H-pyrrole nitrogens is 1. The number of hydrogen-bond acceptors (Lipinski definition) is 4. The van der Waals surface area contributed by atoms with Crippen LogP contribution < -0.4 is 15.0 Å². The molecule has 2 aromatic heterocycles. The number of rotatable bonds is 8. The number of fused-ring (bicyclic) bond motifs is 4. The van der Waals surface area contributed by atoms with Crippen LogP contribution in [0.4, 0.5) is 5.95 Å². The Bertz CT molecular complexity index is 1600.